The first-order valence-electron chi connectivity index (χ1n) is 1.77. The molecule has 0 heterocycles. The van der Waals surface area contributed by atoms with Gasteiger partial charge in [0.1, 0.15) is 6.17 Å². The molecule has 1 aliphatic rings. The third-order valence-electron chi connectivity index (χ3n) is 0.876. The van der Waals surface area contributed by atoms with Crippen molar-refractivity contribution in [1.29, 1.82) is 0 Å². The Morgan fingerprint density at radius 2 is 2.20 bits per heavy atom. The van der Waals surface area contributed by atoms with Crippen LogP contribution in [0.5, 0.6) is 0 Å². The van der Waals surface area contributed by atoms with Crippen LogP contribution in [0.3, 0.4) is 0 Å². The maximum absolute atomic E-state index is 11.5. The Labute approximate surface area is 31.0 Å². The van der Waals surface area contributed by atoms with E-state index in [9.17, 15) is 4.39 Å². The van der Waals surface area contributed by atoms with Gasteiger partial charge in [-0.15, -0.1) is 0 Å². The van der Waals surface area contributed by atoms with Crippen molar-refractivity contribution < 1.29 is 4.39 Å². The molecule has 0 N–H and O–H groups in total. The standard InChI is InChI=1S/C4H6F/c1-3-2-4(3)5/h4H,2H2,1H3. The Hall–Kier alpha value is -0.0700. The summed E-state index contributed by atoms with van der Waals surface area (Å²) in [7, 11) is 0. The Bertz CT molecular complexity index is 36.9. The lowest BCUT2D eigenvalue weighted by Gasteiger charge is -1.62. The van der Waals surface area contributed by atoms with Crippen LogP contribution in [0.25, 0.3) is 0 Å². The Morgan fingerprint density at radius 3 is 2.20 bits per heavy atom. The molecule has 1 atom stereocenters. The topological polar surface area (TPSA) is 0 Å². The maximum Gasteiger partial charge on any atom is 0.107 e. The highest BCUT2D eigenvalue weighted by Gasteiger charge is 2.32. The summed E-state index contributed by atoms with van der Waals surface area (Å²) in [5, 5.41) is 0. The normalized spacial score (nSPS) is 38.4. The average Bonchev–Trinajstić information content (AvgIpc) is 1.79. The van der Waals surface area contributed by atoms with Crippen LogP contribution in [-0.4, -0.2) is 6.17 Å². The summed E-state index contributed by atoms with van der Waals surface area (Å²) in [6, 6.07) is 0. The SMILES string of the molecule is C[C]1CC1F. The van der Waals surface area contributed by atoms with Crippen LogP contribution >= 0.6 is 0 Å². The quantitative estimate of drug-likeness (QED) is 0.405. The van der Waals surface area contributed by atoms with Crippen LogP contribution in [0.4, 0.5) is 4.39 Å². The van der Waals surface area contributed by atoms with Crippen LogP contribution in [0.15, 0.2) is 0 Å². The monoisotopic (exact) mass is 73.0 g/mol. The number of hydrogen-bond donors (Lipinski definition) is 0. The number of rotatable bonds is 0. The average molecular weight is 73.1 g/mol. The lowest BCUT2D eigenvalue weighted by Crippen LogP contribution is -1.61. The third-order valence-corrected chi connectivity index (χ3v) is 0.876. The van der Waals surface area contributed by atoms with E-state index in [4.69, 9.17) is 0 Å². The van der Waals surface area contributed by atoms with Gasteiger partial charge in [-0.1, -0.05) is 6.92 Å². The zero-order valence-corrected chi connectivity index (χ0v) is 3.16. The van der Waals surface area contributed by atoms with Crippen molar-refractivity contribution in [2.45, 2.75) is 19.5 Å². The second-order valence-electron chi connectivity index (χ2n) is 1.52. The molecule has 0 saturated heterocycles. The molecule has 0 aromatic carbocycles. The molecule has 0 nitrogen and oxygen atoms in total. The van der Waals surface area contributed by atoms with Crippen molar-refractivity contribution in [2.24, 2.45) is 0 Å². The highest BCUT2D eigenvalue weighted by atomic mass is 19.1. The van der Waals surface area contributed by atoms with Crippen LogP contribution in [0, 0.1) is 5.92 Å². The first-order valence-corrected chi connectivity index (χ1v) is 1.77. The summed E-state index contributed by atoms with van der Waals surface area (Å²) in [4.78, 5) is 0. The number of alkyl halides is 1. The molecule has 0 spiro atoms. The number of hydrogen-bond acceptors (Lipinski definition) is 0. The predicted octanol–water partition coefficient (Wildman–Crippen LogP) is 1.32. The van der Waals surface area contributed by atoms with E-state index < -0.39 is 6.17 Å². The summed E-state index contributed by atoms with van der Waals surface area (Å²) in [5.41, 5.74) is 0. The van der Waals surface area contributed by atoms with Gasteiger partial charge in [0.2, 0.25) is 0 Å². The summed E-state index contributed by atoms with van der Waals surface area (Å²) in [5.74, 6) is 1.00. The van der Waals surface area contributed by atoms with Gasteiger partial charge in [0.15, 0.2) is 0 Å². The molecule has 1 fully saturated rings. The zero-order valence-electron chi connectivity index (χ0n) is 3.16. The van der Waals surface area contributed by atoms with Gasteiger partial charge >= 0.3 is 0 Å². The lowest BCUT2D eigenvalue weighted by atomic mass is 10.5. The van der Waals surface area contributed by atoms with E-state index in [0.29, 0.717) is 0 Å². The second kappa shape index (κ2) is 0.703. The van der Waals surface area contributed by atoms with Gasteiger partial charge in [0.05, 0.1) is 0 Å². The molecule has 1 saturated carbocycles. The van der Waals surface area contributed by atoms with Crippen LogP contribution in [0.2, 0.25) is 0 Å². The predicted molar refractivity (Wildman–Crippen MR) is 18.4 cm³/mol. The summed E-state index contributed by atoms with van der Waals surface area (Å²) in [6.07, 6.45) is 0.190. The molecule has 0 aliphatic heterocycles. The van der Waals surface area contributed by atoms with Gasteiger partial charge in [-0.2, -0.15) is 0 Å². The minimum atomic E-state index is -0.532. The molecule has 1 heteroatoms. The molecule has 5 heavy (non-hydrogen) atoms. The van der Waals surface area contributed by atoms with Gasteiger partial charge in [-0.3, -0.25) is 0 Å². The van der Waals surface area contributed by atoms with Crippen molar-refractivity contribution in [1.82, 2.24) is 0 Å². The second-order valence-corrected chi connectivity index (χ2v) is 1.52. The molecular weight excluding hydrogens is 67.0 g/mol. The van der Waals surface area contributed by atoms with Crippen molar-refractivity contribution in [3.05, 3.63) is 5.92 Å². The van der Waals surface area contributed by atoms with Gasteiger partial charge in [-0.25, -0.2) is 4.39 Å². The summed E-state index contributed by atoms with van der Waals surface area (Å²) < 4.78 is 11.5. The molecule has 1 aliphatic carbocycles. The lowest BCUT2D eigenvalue weighted by molar-refractivity contribution is 0.486. The van der Waals surface area contributed by atoms with Gasteiger partial charge in [-0.05, 0) is 6.42 Å². The fraction of sp³-hybridized carbons (Fsp3) is 0.750. The number of halogens is 1. The van der Waals surface area contributed by atoms with Crippen molar-refractivity contribution in [3.8, 4) is 0 Å². The fourth-order valence-corrected chi connectivity index (χ4v) is 0.224. The first kappa shape index (κ1) is 3.13. The highest BCUT2D eigenvalue weighted by molar-refractivity contribution is 5.11. The van der Waals surface area contributed by atoms with Crippen LogP contribution in [-0.2, 0) is 0 Å². The van der Waals surface area contributed by atoms with Crippen LogP contribution < -0.4 is 0 Å². The van der Waals surface area contributed by atoms with Gasteiger partial charge in [0.25, 0.3) is 0 Å². The molecule has 1 radical (unpaired) electrons. The van der Waals surface area contributed by atoms with E-state index in [-0.39, 0.29) is 0 Å². The Balaban J connectivity index is 2.20. The fourth-order valence-electron chi connectivity index (χ4n) is 0.224. The van der Waals surface area contributed by atoms with Crippen molar-refractivity contribution in [3.63, 3.8) is 0 Å². The van der Waals surface area contributed by atoms with E-state index in [0.717, 1.165) is 12.3 Å². The first-order chi connectivity index (χ1) is 2.30. The van der Waals surface area contributed by atoms with Crippen molar-refractivity contribution in [2.75, 3.05) is 0 Å². The highest BCUT2D eigenvalue weighted by Crippen LogP contribution is 2.34. The molecule has 29 valence electrons. The van der Waals surface area contributed by atoms with E-state index in [1.807, 2.05) is 6.92 Å². The summed E-state index contributed by atoms with van der Waals surface area (Å²) >= 11 is 0. The van der Waals surface area contributed by atoms with E-state index >= 15 is 0 Å². The largest absolute Gasteiger partial charge is 0.247 e. The minimum Gasteiger partial charge on any atom is -0.247 e. The zero-order chi connectivity index (χ0) is 3.86. The maximum atomic E-state index is 11.5. The molecular formula is C4H6F. The Morgan fingerprint density at radius 1 is 2.00 bits per heavy atom. The summed E-state index contributed by atoms with van der Waals surface area (Å²) in [6.45, 7) is 1.84. The van der Waals surface area contributed by atoms with Gasteiger partial charge in [0, 0.05) is 5.92 Å². The molecule has 0 aromatic heterocycles. The smallest absolute Gasteiger partial charge is 0.107 e. The Kier molecular flexibility index (Phi) is 0.440. The van der Waals surface area contributed by atoms with E-state index in [1.165, 1.54) is 0 Å². The van der Waals surface area contributed by atoms with Crippen LogP contribution in [0.1, 0.15) is 13.3 Å². The van der Waals surface area contributed by atoms with E-state index in [2.05, 4.69) is 0 Å². The third kappa shape index (κ3) is 0.416. The molecule has 0 bridgehead atoms. The molecule has 0 aromatic rings. The van der Waals surface area contributed by atoms with E-state index in [1.54, 1.807) is 0 Å². The minimum absolute atomic E-state index is 0.532. The molecule has 1 unspecified atom stereocenters. The van der Waals surface area contributed by atoms with Gasteiger partial charge < -0.3 is 0 Å². The molecule has 0 amide bonds. The molecule has 1 rings (SSSR count). The van der Waals surface area contributed by atoms with Crippen molar-refractivity contribution >= 4 is 0 Å².